The SMILES string of the molecule is CCCCCCCCCCC(CCCCCCCCCC)n1c2cc(Br)c(O)cc2c2cc(O)c(Br)cc21. The zero-order chi connectivity index (χ0) is 27.3. The summed E-state index contributed by atoms with van der Waals surface area (Å²) in [6.45, 7) is 4.56. The number of aromatic hydroxyl groups is 2. The highest BCUT2D eigenvalue weighted by Gasteiger charge is 2.21. The summed E-state index contributed by atoms with van der Waals surface area (Å²) in [5.74, 6) is 0.475. The first kappa shape index (κ1) is 31.3. The van der Waals surface area contributed by atoms with E-state index in [0.29, 0.717) is 6.04 Å². The van der Waals surface area contributed by atoms with E-state index < -0.39 is 0 Å². The molecule has 0 radical (unpaired) electrons. The van der Waals surface area contributed by atoms with Crippen LogP contribution < -0.4 is 0 Å². The van der Waals surface area contributed by atoms with Crippen molar-refractivity contribution < 1.29 is 10.2 Å². The molecular formula is C33H49Br2NO2. The molecule has 3 rings (SSSR count). The van der Waals surface area contributed by atoms with Crippen molar-refractivity contribution in [3.63, 3.8) is 0 Å². The van der Waals surface area contributed by atoms with Gasteiger partial charge in [-0.1, -0.05) is 117 Å². The monoisotopic (exact) mass is 649 g/mol. The van der Waals surface area contributed by atoms with E-state index in [1.807, 2.05) is 12.1 Å². The molecule has 0 fully saturated rings. The average Bonchev–Trinajstić information content (AvgIpc) is 3.18. The van der Waals surface area contributed by atoms with Crippen molar-refractivity contribution in [2.75, 3.05) is 0 Å². The molecule has 0 aliphatic rings. The number of rotatable bonds is 19. The number of nitrogens with zero attached hydrogens (tertiary/aromatic N) is 1. The lowest BCUT2D eigenvalue weighted by molar-refractivity contribution is 0.408. The van der Waals surface area contributed by atoms with E-state index >= 15 is 0 Å². The van der Waals surface area contributed by atoms with E-state index in [0.717, 1.165) is 30.8 Å². The summed E-state index contributed by atoms with van der Waals surface area (Å²) in [6, 6.07) is 8.21. The van der Waals surface area contributed by atoms with E-state index in [1.165, 1.54) is 116 Å². The molecule has 3 aromatic rings. The van der Waals surface area contributed by atoms with Gasteiger partial charge in [0.2, 0.25) is 0 Å². The van der Waals surface area contributed by atoms with Crippen LogP contribution in [0, 0.1) is 0 Å². The molecule has 0 bridgehead atoms. The van der Waals surface area contributed by atoms with Crippen molar-refractivity contribution in [2.45, 2.75) is 135 Å². The van der Waals surface area contributed by atoms with Crippen molar-refractivity contribution in [1.82, 2.24) is 4.57 Å². The fraction of sp³-hybridized carbons (Fsp3) is 0.636. The largest absolute Gasteiger partial charge is 0.507 e. The predicted octanol–water partition coefficient (Wildman–Crippen LogP) is 12.3. The Bertz CT molecular complexity index is 1040. The molecule has 0 aliphatic heterocycles. The third-order valence-electron chi connectivity index (χ3n) is 8.09. The van der Waals surface area contributed by atoms with Gasteiger partial charge in [-0.25, -0.2) is 0 Å². The first-order valence-corrected chi connectivity index (χ1v) is 16.9. The van der Waals surface area contributed by atoms with Crippen LogP contribution in [0.2, 0.25) is 0 Å². The summed E-state index contributed by atoms with van der Waals surface area (Å²) in [5.41, 5.74) is 2.26. The Morgan fingerprint density at radius 2 is 0.895 bits per heavy atom. The van der Waals surface area contributed by atoms with Gasteiger partial charge in [0.25, 0.3) is 0 Å². The van der Waals surface area contributed by atoms with Gasteiger partial charge in [-0.05, 0) is 69.0 Å². The van der Waals surface area contributed by atoms with Gasteiger partial charge >= 0.3 is 0 Å². The Morgan fingerprint density at radius 3 is 1.26 bits per heavy atom. The molecule has 0 spiro atoms. The summed E-state index contributed by atoms with van der Waals surface area (Å²) in [5, 5.41) is 23.0. The number of fused-ring (bicyclic) bond motifs is 3. The van der Waals surface area contributed by atoms with Crippen molar-refractivity contribution in [3.8, 4) is 11.5 Å². The first-order valence-electron chi connectivity index (χ1n) is 15.3. The Balaban J connectivity index is 1.78. The predicted molar refractivity (Wildman–Crippen MR) is 172 cm³/mol. The van der Waals surface area contributed by atoms with Gasteiger partial charge in [0.15, 0.2) is 0 Å². The summed E-state index contributed by atoms with van der Waals surface area (Å²) in [4.78, 5) is 0. The Labute approximate surface area is 247 Å². The van der Waals surface area contributed by atoms with Gasteiger partial charge < -0.3 is 14.8 Å². The molecule has 0 amide bonds. The Hall–Kier alpha value is -1.20. The second-order valence-electron chi connectivity index (χ2n) is 11.2. The number of benzene rings is 2. The maximum absolute atomic E-state index is 10.5. The maximum atomic E-state index is 10.5. The molecule has 3 nitrogen and oxygen atoms in total. The second-order valence-corrected chi connectivity index (χ2v) is 12.9. The van der Waals surface area contributed by atoms with Crippen LogP contribution in [0.5, 0.6) is 11.5 Å². The molecule has 38 heavy (non-hydrogen) atoms. The lowest BCUT2D eigenvalue weighted by Crippen LogP contribution is -2.09. The number of phenolic OH excluding ortho intramolecular Hbond substituents is 2. The van der Waals surface area contributed by atoms with Crippen molar-refractivity contribution in [3.05, 3.63) is 33.2 Å². The van der Waals surface area contributed by atoms with Crippen LogP contribution in [0.3, 0.4) is 0 Å². The minimum Gasteiger partial charge on any atom is -0.507 e. The third kappa shape index (κ3) is 8.91. The van der Waals surface area contributed by atoms with E-state index in [2.05, 4.69) is 62.4 Å². The standard InChI is InChI=1S/C33H49Br2NO2/c1-3-5-7-9-11-13-15-17-19-25(20-18-16-14-12-10-8-6-4-2)36-30-23-28(34)32(37)21-26(30)27-22-33(38)29(35)24-31(27)36/h21-25,37-38H,3-20H2,1-2H3. The van der Waals surface area contributed by atoms with E-state index in [1.54, 1.807) is 0 Å². The smallest absolute Gasteiger partial charge is 0.130 e. The molecule has 1 heterocycles. The number of phenols is 2. The van der Waals surface area contributed by atoms with Crippen LogP contribution in [-0.4, -0.2) is 14.8 Å². The highest BCUT2D eigenvalue weighted by atomic mass is 79.9. The second kappa shape index (κ2) is 16.8. The number of halogens is 2. The van der Waals surface area contributed by atoms with E-state index in [-0.39, 0.29) is 11.5 Å². The number of hydrogen-bond acceptors (Lipinski definition) is 2. The van der Waals surface area contributed by atoms with Gasteiger partial charge in [0, 0.05) is 16.8 Å². The quantitative estimate of drug-likeness (QED) is 0.127. The summed E-state index contributed by atoms with van der Waals surface area (Å²) in [7, 11) is 0. The van der Waals surface area contributed by atoms with Crippen molar-refractivity contribution in [1.29, 1.82) is 0 Å². The molecule has 0 saturated heterocycles. The molecule has 212 valence electrons. The Morgan fingerprint density at radius 1 is 0.553 bits per heavy atom. The molecule has 1 aromatic heterocycles. The minimum atomic E-state index is 0.238. The fourth-order valence-corrected chi connectivity index (χ4v) is 6.55. The number of hydrogen-bond donors (Lipinski definition) is 2. The summed E-state index contributed by atoms with van der Waals surface area (Å²) < 4.78 is 3.94. The maximum Gasteiger partial charge on any atom is 0.130 e. The Kier molecular flexibility index (Phi) is 13.9. The lowest BCUT2D eigenvalue weighted by atomic mass is 9.99. The van der Waals surface area contributed by atoms with Crippen LogP contribution in [0.1, 0.15) is 135 Å². The normalized spacial score (nSPS) is 11.9. The van der Waals surface area contributed by atoms with Gasteiger partial charge in [0.05, 0.1) is 20.0 Å². The highest BCUT2D eigenvalue weighted by molar-refractivity contribution is 9.11. The molecule has 0 saturated carbocycles. The van der Waals surface area contributed by atoms with Gasteiger partial charge in [0.1, 0.15) is 11.5 Å². The summed E-state index contributed by atoms with van der Waals surface area (Å²) in [6.07, 6.45) is 23.6. The zero-order valence-electron chi connectivity index (χ0n) is 23.7. The number of unbranched alkanes of at least 4 members (excludes halogenated alkanes) is 14. The van der Waals surface area contributed by atoms with Crippen LogP contribution in [0.4, 0.5) is 0 Å². The minimum absolute atomic E-state index is 0.238. The topological polar surface area (TPSA) is 45.4 Å². The fourth-order valence-electron chi connectivity index (χ4n) is 5.89. The van der Waals surface area contributed by atoms with Gasteiger partial charge in [-0.15, -0.1) is 0 Å². The average molecular weight is 652 g/mol. The van der Waals surface area contributed by atoms with Crippen molar-refractivity contribution >= 4 is 53.7 Å². The third-order valence-corrected chi connectivity index (χ3v) is 9.36. The van der Waals surface area contributed by atoms with E-state index in [9.17, 15) is 10.2 Å². The molecular weight excluding hydrogens is 602 g/mol. The zero-order valence-corrected chi connectivity index (χ0v) is 26.9. The van der Waals surface area contributed by atoms with Gasteiger partial charge in [-0.2, -0.15) is 0 Å². The van der Waals surface area contributed by atoms with Crippen LogP contribution in [0.15, 0.2) is 33.2 Å². The van der Waals surface area contributed by atoms with E-state index in [4.69, 9.17) is 0 Å². The van der Waals surface area contributed by atoms with Gasteiger partial charge in [-0.3, -0.25) is 0 Å². The molecule has 0 unspecified atom stereocenters. The van der Waals surface area contributed by atoms with Crippen LogP contribution in [-0.2, 0) is 0 Å². The highest BCUT2D eigenvalue weighted by Crippen LogP contribution is 2.42. The molecule has 0 aliphatic carbocycles. The lowest BCUT2D eigenvalue weighted by Gasteiger charge is -2.22. The van der Waals surface area contributed by atoms with Crippen molar-refractivity contribution in [2.24, 2.45) is 0 Å². The molecule has 2 N–H and O–H groups in total. The molecule has 5 heteroatoms. The van der Waals surface area contributed by atoms with Crippen LogP contribution >= 0.6 is 31.9 Å². The first-order chi connectivity index (χ1) is 18.5. The number of aromatic nitrogens is 1. The molecule has 0 atom stereocenters. The van der Waals surface area contributed by atoms with Crippen LogP contribution in [0.25, 0.3) is 21.8 Å². The molecule has 2 aromatic carbocycles. The summed E-state index contributed by atoms with van der Waals surface area (Å²) >= 11 is 7.12.